The molecular formula is C28H31ClN4O2. The molecule has 2 bridgehead atoms. The molecule has 1 fully saturated rings. The number of likely N-dealkylation sites (tertiary alicyclic amines) is 1. The van der Waals surface area contributed by atoms with Crippen molar-refractivity contribution < 1.29 is 9.53 Å². The van der Waals surface area contributed by atoms with Gasteiger partial charge in [-0.2, -0.15) is 10.2 Å². The van der Waals surface area contributed by atoms with Crippen molar-refractivity contribution in [2.75, 3.05) is 20.7 Å². The first kappa shape index (κ1) is 23.8. The number of hydrogen-bond acceptors (Lipinski definition) is 5. The molecule has 1 aliphatic heterocycles. The summed E-state index contributed by atoms with van der Waals surface area (Å²) in [6.07, 6.45) is 4.13. The molecule has 2 aromatic carbocycles. The minimum atomic E-state index is -0.215. The Bertz CT molecular complexity index is 1300. The molecule has 4 atom stereocenters. The molecule has 2 aliphatic rings. The lowest BCUT2D eigenvalue weighted by Gasteiger charge is -2.48. The molecule has 2 heterocycles. The molecule has 7 heteroatoms. The number of rotatable bonds is 4. The number of ether oxygens (including phenoxy) is 1. The molecule has 6 nitrogen and oxygen atoms in total. The van der Waals surface area contributed by atoms with Gasteiger partial charge in [0.15, 0.2) is 0 Å². The van der Waals surface area contributed by atoms with Gasteiger partial charge in [-0.05, 0) is 61.1 Å². The van der Waals surface area contributed by atoms with Gasteiger partial charge in [0.25, 0.3) is 0 Å². The molecule has 3 aromatic rings. The van der Waals surface area contributed by atoms with Gasteiger partial charge in [-0.3, -0.25) is 4.79 Å². The molecule has 182 valence electrons. The van der Waals surface area contributed by atoms with Crippen LogP contribution in [-0.2, 0) is 16.0 Å². The van der Waals surface area contributed by atoms with Crippen molar-refractivity contribution in [2.24, 2.45) is 28.0 Å². The van der Waals surface area contributed by atoms with Crippen LogP contribution in [-0.4, -0.2) is 54.5 Å². The Labute approximate surface area is 211 Å². The lowest BCUT2D eigenvalue weighted by atomic mass is 9.67. The number of H-pyrrole nitrogens is 1. The predicted octanol–water partition coefficient (Wildman–Crippen LogP) is 5.34. The standard InChI is InChI=1S/C28H31ClN4O2/c1-4-18-16-33(2)25-14-22-20-10-5-6-11-23(20)31-27(22)24(13-21(18)26(25)28(34)35-3)32-30-15-17-8-7-9-19(29)12-17/h5-12,15,18,21,25-26,31H,4,13-14,16H2,1-3H3/b30-15-,32-24+/t18-,21-,25+,26-/m1/s1. The summed E-state index contributed by atoms with van der Waals surface area (Å²) in [4.78, 5) is 19.1. The highest BCUT2D eigenvalue weighted by Crippen LogP contribution is 2.42. The zero-order valence-electron chi connectivity index (χ0n) is 20.4. The Morgan fingerprint density at radius 2 is 2.06 bits per heavy atom. The number of carbonyl (C=O) groups is 1. The minimum absolute atomic E-state index is 0.0738. The van der Waals surface area contributed by atoms with Crippen molar-refractivity contribution >= 4 is 40.4 Å². The van der Waals surface area contributed by atoms with E-state index in [1.807, 2.05) is 30.3 Å². The molecule has 0 unspecified atom stereocenters. The van der Waals surface area contributed by atoms with Crippen LogP contribution in [0, 0.1) is 17.8 Å². The number of nitrogens with one attached hydrogen (secondary N) is 1. The van der Waals surface area contributed by atoms with E-state index in [0.717, 1.165) is 41.9 Å². The first-order valence-corrected chi connectivity index (χ1v) is 12.6. The van der Waals surface area contributed by atoms with Crippen molar-refractivity contribution in [3.05, 3.63) is 70.4 Å². The van der Waals surface area contributed by atoms with Crippen LogP contribution < -0.4 is 0 Å². The minimum Gasteiger partial charge on any atom is -0.469 e. The Hall–Kier alpha value is -2.96. The van der Waals surface area contributed by atoms with Gasteiger partial charge in [0.1, 0.15) is 0 Å². The summed E-state index contributed by atoms with van der Waals surface area (Å²) in [5.41, 5.74) is 5.07. The Kier molecular flexibility index (Phi) is 6.76. The van der Waals surface area contributed by atoms with Crippen LogP contribution in [0.2, 0.25) is 5.02 Å². The molecule has 1 aromatic heterocycles. The number of carbonyl (C=O) groups excluding carboxylic acids is 1. The van der Waals surface area contributed by atoms with E-state index in [0.29, 0.717) is 17.4 Å². The Morgan fingerprint density at radius 1 is 1.23 bits per heavy atom. The molecule has 0 radical (unpaired) electrons. The number of benzene rings is 2. The van der Waals surface area contributed by atoms with Gasteiger partial charge in [-0.15, -0.1) is 0 Å². The van der Waals surface area contributed by atoms with E-state index in [2.05, 4.69) is 47.2 Å². The maximum atomic E-state index is 13.2. The van der Waals surface area contributed by atoms with Crippen molar-refractivity contribution in [1.82, 2.24) is 9.88 Å². The molecule has 5 rings (SSSR count). The second kappa shape index (κ2) is 9.96. The molecule has 0 amide bonds. The van der Waals surface area contributed by atoms with Crippen molar-refractivity contribution in [2.45, 2.75) is 32.2 Å². The Balaban J connectivity index is 1.65. The molecule has 0 spiro atoms. The van der Waals surface area contributed by atoms with E-state index >= 15 is 0 Å². The number of aromatic nitrogens is 1. The normalized spacial score (nSPS) is 26.0. The fraction of sp³-hybridized carbons (Fsp3) is 0.393. The average Bonchev–Trinajstić information content (AvgIpc) is 3.21. The van der Waals surface area contributed by atoms with E-state index in [1.165, 1.54) is 18.1 Å². The first-order valence-electron chi connectivity index (χ1n) is 12.2. The number of piperidine rings is 1. The summed E-state index contributed by atoms with van der Waals surface area (Å²) >= 11 is 6.14. The largest absolute Gasteiger partial charge is 0.469 e. The number of nitrogens with zero attached hydrogens (tertiary/aromatic N) is 3. The second-order valence-corrected chi connectivity index (χ2v) is 10.1. The number of para-hydroxylation sites is 1. The van der Waals surface area contributed by atoms with E-state index in [9.17, 15) is 4.79 Å². The summed E-state index contributed by atoms with van der Waals surface area (Å²) in [7, 11) is 3.64. The zero-order valence-corrected chi connectivity index (χ0v) is 21.1. The molecule has 1 saturated heterocycles. The predicted molar refractivity (Wildman–Crippen MR) is 141 cm³/mol. The summed E-state index contributed by atoms with van der Waals surface area (Å²) in [5.74, 6) is 0.157. The number of methoxy groups -OCH3 is 1. The summed E-state index contributed by atoms with van der Waals surface area (Å²) in [6.45, 7) is 3.16. The van der Waals surface area contributed by atoms with Crippen molar-refractivity contribution in [1.29, 1.82) is 0 Å². The fourth-order valence-electron chi connectivity index (χ4n) is 6.01. The third-order valence-electron chi connectivity index (χ3n) is 7.75. The van der Waals surface area contributed by atoms with Gasteiger partial charge in [-0.1, -0.05) is 55.3 Å². The smallest absolute Gasteiger partial charge is 0.310 e. The fourth-order valence-corrected chi connectivity index (χ4v) is 6.20. The van der Waals surface area contributed by atoms with E-state index in [1.54, 1.807) is 6.21 Å². The third kappa shape index (κ3) is 4.53. The molecule has 1 aliphatic carbocycles. The topological polar surface area (TPSA) is 70.0 Å². The van der Waals surface area contributed by atoms with Crippen LogP contribution in [0.4, 0.5) is 0 Å². The summed E-state index contributed by atoms with van der Waals surface area (Å²) in [5, 5.41) is 11.0. The van der Waals surface area contributed by atoms with Crippen LogP contribution in [0.25, 0.3) is 10.9 Å². The van der Waals surface area contributed by atoms with Gasteiger partial charge >= 0.3 is 5.97 Å². The molecule has 0 saturated carbocycles. The number of fused-ring (bicyclic) bond motifs is 5. The maximum absolute atomic E-state index is 13.2. The van der Waals surface area contributed by atoms with E-state index in [-0.39, 0.29) is 23.8 Å². The monoisotopic (exact) mass is 490 g/mol. The third-order valence-corrected chi connectivity index (χ3v) is 7.98. The summed E-state index contributed by atoms with van der Waals surface area (Å²) < 4.78 is 5.35. The molecule has 35 heavy (non-hydrogen) atoms. The van der Waals surface area contributed by atoms with Crippen LogP contribution in [0.5, 0.6) is 0 Å². The zero-order chi connectivity index (χ0) is 24.5. The van der Waals surface area contributed by atoms with E-state index in [4.69, 9.17) is 21.4 Å². The Morgan fingerprint density at radius 3 is 2.83 bits per heavy atom. The number of esters is 1. The lowest BCUT2D eigenvalue weighted by molar-refractivity contribution is -0.154. The van der Waals surface area contributed by atoms with Gasteiger partial charge < -0.3 is 14.6 Å². The highest BCUT2D eigenvalue weighted by Gasteiger charge is 2.48. The molecule has 1 N–H and O–H groups in total. The number of likely N-dealkylation sites (N-methyl/N-ethyl adjacent to an activating group) is 1. The van der Waals surface area contributed by atoms with Crippen molar-refractivity contribution in [3.8, 4) is 0 Å². The van der Waals surface area contributed by atoms with Crippen LogP contribution in [0.3, 0.4) is 0 Å². The summed E-state index contributed by atoms with van der Waals surface area (Å²) in [6, 6.07) is 15.9. The van der Waals surface area contributed by atoms with Crippen LogP contribution in [0.15, 0.2) is 58.7 Å². The van der Waals surface area contributed by atoms with Crippen LogP contribution >= 0.6 is 11.6 Å². The average molecular weight is 491 g/mol. The number of hydrogen-bond donors (Lipinski definition) is 1. The SMILES string of the molecule is CC[C@@H]1CN(C)[C@H]2Cc3c([nH]c4ccccc34)/C(=N/N=C\c3cccc(Cl)c3)C[C@H]1[C@H]2C(=O)OC. The van der Waals surface area contributed by atoms with Crippen molar-refractivity contribution in [3.63, 3.8) is 0 Å². The quantitative estimate of drug-likeness (QED) is 0.305. The van der Waals surface area contributed by atoms with E-state index < -0.39 is 0 Å². The highest BCUT2D eigenvalue weighted by atomic mass is 35.5. The number of aromatic amines is 1. The van der Waals surface area contributed by atoms with Gasteiger partial charge in [-0.25, -0.2) is 0 Å². The van der Waals surface area contributed by atoms with Gasteiger partial charge in [0, 0.05) is 28.5 Å². The van der Waals surface area contributed by atoms with Gasteiger partial charge in [0.05, 0.1) is 30.6 Å². The lowest BCUT2D eigenvalue weighted by Crippen LogP contribution is -2.56. The van der Waals surface area contributed by atoms with Crippen LogP contribution in [0.1, 0.15) is 36.6 Å². The highest BCUT2D eigenvalue weighted by molar-refractivity contribution is 6.30. The second-order valence-electron chi connectivity index (χ2n) is 9.67. The number of halogens is 1. The first-order chi connectivity index (χ1) is 17.0. The maximum Gasteiger partial charge on any atom is 0.310 e. The van der Waals surface area contributed by atoms with Gasteiger partial charge in [0.2, 0.25) is 0 Å². The molecular weight excluding hydrogens is 460 g/mol.